The van der Waals surface area contributed by atoms with E-state index >= 15 is 0 Å². The van der Waals surface area contributed by atoms with Crippen molar-refractivity contribution in [3.05, 3.63) is 62.6 Å². The Balaban J connectivity index is 2.40. The number of hydrogen-bond acceptors (Lipinski definition) is 2. The first-order chi connectivity index (χ1) is 9.01. The van der Waals surface area contributed by atoms with E-state index in [9.17, 15) is 0 Å². The van der Waals surface area contributed by atoms with Gasteiger partial charge in [-0.25, -0.2) is 0 Å². The molecule has 0 saturated heterocycles. The van der Waals surface area contributed by atoms with Crippen LogP contribution in [0.5, 0.6) is 5.75 Å². The van der Waals surface area contributed by atoms with Crippen LogP contribution in [-0.4, -0.2) is 7.11 Å². The summed E-state index contributed by atoms with van der Waals surface area (Å²) in [5.74, 6) is 0.640. The highest BCUT2D eigenvalue weighted by Gasteiger charge is 2.12. The normalized spacial score (nSPS) is 12.3. The van der Waals surface area contributed by atoms with Gasteiger partial charge in [0, 0.05) is 4.47 Å². The van der Waals surface area contributed by atoms with Gasteiger partial charge in [0.15, 0.2) is 0 Å². The lowest BCUT2D eigenvalue weighted by molar-refractivity contribution is 0.414. The van der Waals surface area contributed by atoms with Crippen LogP contribution < -0.4 is 10.5 Å². The number of ether oxygens (including phenoxy) is 1. The fourth-order valence-corrected chi connectivity index (χ4v) is 2.83. The number of aryl methyl sites for hydroxylation is 1. The maximum atomic E-state index is 6.31. The fraction of sp³-hybridized carbons (Fsp3) is 0.200. The van der Waals surface area contributed by atoms with Crippen LogP contribution in [0.4, 0.5) is 0 Å². The summed E-state index contributed by atoms with van der Waals surface area (Å²) in [5, 5.41) is 0.587. The standard InChI is InChI=1S/C15H15BrClNO/c1-9-5-11(7-12(16)6-9)15(18)10-3-4-13(17)14(8-10)19-2/h3-8,15H,18H2,1-2H3. The van der Waals surface area contributed by atoms with Crippen molar-refractivity contribution < 1.29 is 4.74 Å². The van der Waals surface area contributed by atoms with E-state index in [2.05, 4.69) is 28.1 Å². The first-order valence-electron chi connectivity index (χ1n) is 5.87. The second kappa shape index (κ2) is 5.95. The minimum atomic E-state index is -0.206. The van der Waals surface area contributed by atoms with Crippen molar-refractivity contribution in [2.24, 2.45) is 5.73 Å². The summed E-state index contributed by atoms with van der Waals surface area (Å²) in [4.78, 5) is 0. The van der Waals surface area contributed by atoms with Gasteiger partial charge < -0.3 is 10.5 Å². The number of rotatable bonds is 3. The molecule has 2 rings (SSSR count). The minimum absolute atomic E-state index is 0.206. The van der Waals surface area contributed by atoms with Gasteiger partial charge in [0.2, 0.25) is 0 Å². The molecule has 0 amide bonds. The molecular weight excluding hydrogens is 326 g/mol. The summed E-state index contributed by atoms with van der Waals surface area (Å²) in [6.07, 6.45) is 0. The van der Waals surface area contributed by atoms with E-state index < -0.39 is 0 Å². The summed E-state index contributed by atoms with van der Waals surface area (Å²) < 4.78 is 6.25. The molecule has 0 fully saturated rings. The molecule has 0 radical (unpaired) electrons. The van der Waals surface area contributed by atoms with E-state index in [4.69, 9.17) is 22.1 Å². The predicted octanol–water partition coefficient (Wildman–Crippen LogP) is 4.47. The van der Waals surface area contributed by atoms with Crippen LogP contribution in [0.25, 0.3) is 0 Å². The minimum Gasteiger partial charge on any atom is -0.495 e. The Morgan fingerprint density at radius 2 is 1.89 bits per heavy atom. The number of hydrogen-bond donors (Lipinski definition) is 1. The molecule has 0 bridgehead atoms. The summed E-state index contributed by atoms with van der Waals surface area (Å²) in [6, 6.07) is 11.6. The van der Waals surface area contributed by atoms with Gasteiger partial charge in [-0.3, -0.25) is 0 Å². The number of nitrogens with two attached hydrogens (primary N) is 1. The third-order valence-corrected chi connectivity index (χ3v) is 3.73. The Bertz CT molecular complexity index is 580. The van der Waals surface area contributed by atoms with Crippen molar-refractivity contribution in [1.82, 2.24) is 0 Å². The fourth-order valence-electron chi connectivity index (χ4n) is 2.01. The zero-order valence-corrected chi connectivity index (χ0v) is 13.1. The van der Waals surface area contributed by atoms with Gasteiger partial charge in [-0.15, -0.1) is 0 Å². The van der Waals surface area contributed by atoms with Crippen molar-refractivity contribution >= 4 is 27.5 Å². The van der Waals surface area contributed by atoms with Crippen LogP contribution >= 0.6 is 27.5 Å². The molecule has 0 saturated carbocycles. The van der Waals surface area contributed by atoms with E-state index in [0.29, 0.717) is 10.8 Å². The van der Waals surface area contributed by atoms with Gasteiger partial charge in [0.25, 0.3) is 0 Å². The molecule has 4 heteroatoms. The molecule has 0 aliphatic carbocycles. The van der Waals surface area contributed by atoms with Crippen molar-refractivity contribution in [2.75, 3.05) is 7.11 Å². The second-order valence-corrected chi connectivity index (χ2v) is 5.76. The molecule has 0 aliphatic rings. The monoisotopic (exact) mass is 339 g/mol. The summed E-state index contributed by atoms with van der Waals surface area (Å²) >= 11 is 9.52. The zero-order valence-electron chi connectivity index (χ0n) is 10.8. The highest BCUT2D eigenvalue weighted by Crippen LogP contribution is 2.30. The molecule has 100 valence electrons. The van der Waals surface area contributed by atoms with Crippen LogP contribution in [0.3, 0.4) is 0 Å². The van der Waals surface area contributed by atoms with Crippen molar-refractivity contribution in [2.45, 2.75) is 13.0 Å². The SMILES string of the molecule is COc1cc(C(N)c2cc(C)cc(Br)c2)ccc1Cl. The largest absolute Gasteiger partial charge is 0.495 e. The lowest BCUT2D eigenvalue weighted by atomic mass is 9.98. The molecule has 2 aromatic rings. The third kappa shape index (κ3) is 3.30. The first-order valence-corrected chi connectivity index (χ1v) is 7.04. The third-order valence-electron chi connectivity index (χ3n) is 2.96. The van der Waals surface area contributed by atoms with Crippen molar-refractivity contribution in [3.63, 3.8) is 0 Å². The van der Waals surface area contributed by atoms with Gasteiger partial charge in [-0.2, -0.15) is 0 Å². The quantitative estimate of drug-likeness (QED) is 0.895. The average molecular weight is 341 g/mol. The molecule has 2 aromatic carbocycles. The Morgan fingerprint density at radius 1 is 1.16 bits per heavy atom. The smallest absolute Gasteiger partial charge is 0.137 e. The lowest BCUT2D eigenvalue weighted by Gasteiger charge is -2.15. The van der Waals surface area contributed by atoms with E-state index in [1.54, 1.807) is 13.2 Å². The Hall–Kier alpha value is -1.03. The van der Waals surface area contributed by atoms with Crippen LogP contribution in [0, 0.1) is 6.92 Å². The van der Waals surface area contributed by atoms with Gasteiger partial charge in [0.1, 0.15) is 5.75 Å². The molecule has 0 heterocycles. The van der Waals surface area contributed by atoms with E-state index in [-0.39, 0.29) is 6.04 Å². The van der Waals surface area contributed by atoms with E-state index in [1.165, 1.54) is 5.56 Å². The number of halogens is 2. The molecule has 0 aliphatic heterocycles. The Kier molecular flexibility index (Phi) is 4.50. The molecule has 19 heavy (non-hydrogen) atoms. The maximum Gasteiger partial charge on any atom is 0.137 e. The number of methoxy groups -OCH3 is 1. The Labute approximate surface area is 126 Å². The Morgan fingerprint density at radius 3 is 2.53 bits per heavy atom. The van der Waals surface area contributed by atoms with Crippen molar-refractivity contribution in [3.8, 4) is 5.75 Å². The second-order valence-electron chi connectivity index (χ2n) is 4.43. The van der Waals surface area contributed by atoms with Gasteiger partial charge >= 0.3 is 0 Å². The molecular formula is C15H15BrClNO. The first kappa shape index (κ1) is 14.4. The summed E-state index contributed by atoms with van der Waals surface area (Å²) in [7, 11) is 1.60. The zero-order chi connectivity index (χ0) is 14.0. The van der Waals surface area contributed by atoms with E-state index in [0.717, 1.165) is 15.6 Å². The average Bonchev–Trinajstić information content (AvgIpc) is 2.37. The topological polar surface area (TPSA) is 35.2 Å². The molecule has 2 N–H and O–H groups in total. The number of benzene rings is 2. The van der Waals surface area contributed by atoms with Crippen LogP contribution in [-0.2, 0) is 0 Å². The molecule has 0 spiro atoms. The summed E-state index contributed by atoms with van der Waals surface area (Å²) in [6.45, 7) is 2.05. The predicted molar refractivity (Wildman–Crippen MR) is 82.9 cm³/mol. The highest BCUT2D eigenvalue weighted by molar-refractivity contribution is 9.10. The maximum absolute atomic E-state index is 6.31. The van der Waals surface area contributed by atoms with Gasteiger partial charge in [0.05, 0.1) is 18.2 Å². The molecule has 1 atom stereocenters. The van der Waals surface area contributed by atoms with Gasteiger partial charge in [-0.05, 0) is 47.9 Å². The highest BCUT2D eigenvalue weighted by atomic mass is 79.9. The molecule has 1 unspecified atom stereocenters. The van der Waals surface area contributed by atoms with Crippen LogP contribution in [0.15, 0.2) is 40.9 Å². The molecule has 2 nitrogen and oxygen atoms in total. The van der Waals surface area contributed by atoms with Gasteiger partial charge in [-0.1, -0.05) is 39.7 Å². The van der Waals surface area contributed by atoms with Crippen LogP contribution in [0.1, 0.15) is 22.7 Å². The summed E-state index contributed by atoms with van der Waals surface area (Å²) in [5.41, 5.74) is 9.50. The van der Waals surface area contributed by atoms with E-state index in [1.807, 2.05) is 25.1 Å². The van der Waals surface area contributed by atoms with Crippen molar-refractivity contribution in [1.29, 1.82) is 0 Å². The van der Waals surface area contributed by atoms with Crippen LogP contribution in [0.2, 0.25) is 5.02 Å². The molecule has 0 aromatic heterocycles. The lowest BCUT2D eigenvalue weighted by Crippen LogP contribution is -2.12.